The Labute approximate surface area is 168 Å². The summed E-state index contributed by atoms with van der Waals surface area (Å²) in [6.45, 7) is 2.62. The standard InChI is InChI=1S/C22H24F2N4O/c1-15-5-10-18(12-20(15)24)25-22(29)14-28(2)11-3-4-19-13-21(27-26-19)16-6-8-17(23)9-7-16/h5-10,12-13H,3-4,11,14H2,1-2H3,(H,25,29)(H,26,27). The summed E-state index contributed by atoms with van der Waals surface area (Å²) in [5, 5.41) is 9.98. The highest BCUT2D eigenvalue weighted by atomic mass is 19.1. The monoisotopic (exact) mass is 398 g/mol. The minimum Gasteiger partial charge on any atom is -0.325 e. The van der Waals surface area contributed by atoms with Crippen molar-refractivity contribution < 1.29 is 13.6 Å². The zero-order chi connectivity index (χ0) is 20.8. The third-order valence-corrected chi connectivity index (χ3v) is 4.63. The number of hydrogen-bond acceptors (Lipinski definition) is 3. The molecule has 0 spiro atoms. The van der Waals surface area contributed by atoms with Crippen molar-refractivity contribution in [3.05, 3.63) is 71.4 Å². The highest BCUT2D eigenvalue weighted by Crippen LogP contribution is 2.18. The van der Waals surface area contributed by atoms with Crippen LogP contribution in [0, 0.1) is 18.6 Å². The number of nitrogens with zero attached hydrogens (tertiary/aromatic N) is 2. The van der Waals surface area contributed by atoms with Crippen LogP contribution in [-0.2, 0) is 11.2 Å². The smallest absolute Gasteiger partial charge is 0.238 e. The van der Waals surface area contributed by atoms with Gasteiger partial charge in [0.1, 0.15) is 11.6 Å². The second kappa shape index (κ2) is 9.43. The molecule has 0 aliphatic heterocycles. The quantitative estimate of drug-likeness (QED) is 0.599. The van der Waals surface area contributed by atoms with Gasteiger partial charge in [-0.2, -0.15) is 5.10 Å². The van der Waals surface area contributed by atoms with Crippen molar-refractivity contribution in [1.82, 2.24) is 15.1 Å². The first kappa shape index (κ1) is 20.7. The zero-order valence-electron chi connectivity index (χ0n) is 16.5. The van der Waals surface area contributed by atoms with Gasteiger partial charge >= 0.3 is 0 Å². The molecule has 2 N–H and O–H groups in total. The summed E-state index contributed by atoms with van der Waals surface area (Å²) in [7, 11) is 1.87. The molecule has 3 aromatic rings. The normalized spacial score (nSPS) is 11.1. The molecule has 5 nitrogen and oxygen atoms in total. The molecule has 1 amide bonds. The molecule has 0 fully saturated rings. The number of benzene rings is 2. The number of anilines is 1. The molecule has 1 heterocycles. The van der Waals surface area contributed by atoms with Crippen molar-refractivity contribution in [3.8, 4) is 11.3 Å². The lowest BCUT2D eigenvalue weighted by Gasteiger charge is -2.16. The topological polar surface area (TPSA) is 61.0 Å². The van der Waals surface area contributed by atoms with E-state index in [9.17, 15) is 13.6 Å². The van der Waals surface area contributed by atoms with Crippen molar-refractivity contribution >= 4 is 11.6 Å². The van der Waals surface area contributed by atoms with Crippen LogP contribution in [0.1, 0.15) is 17.7 Å². The highest BCUT2D eigenvalue weighted by molar-refractivity contribution is 5.92. The average molecular weight is 398 g/mol. The van der Waals surface area contributed by atoms with E-state index >= 15 is 0 Å². The lowest BCUT2D eigenvalue weighted by atomic mass is 10.1. The minimum absolute atomic E-state index is 0.184. The molecule has 0 saturated heterocycles. The summed E-state index contributed by atoms with van der Waals surface area (Å²) in [6.07, 6.45) is 1.62. The van der Waals surface area contributed by atoms with Gasteiger partial charge in [-0.1, -0.05) is 6.07 Å². The minimum atomic E-state index is -0.337. The van der Waals surface area contributed by atoms with Crippen molar-refractivity contribution in [2.45, 2.75) is 19.8 Å². The van der Waals surface area contributed by atoms with E-state index < -0.39 is 0 Å². The Balaban J connectivity index is 1.42. The van der Waals surface area contributed by atoms with Crippen LogP contribution in [0.4, 0.5) is 14.5 Å². The molecular weight excluding hydrogens is 374 g/mol. The van der Waals surface area contributed by atoms with Gasteiger partial charge in [0.25, 0.3) is 0 Å². The number of nitrogens with one attached hydrogen (secondary N) is 2. The van der Waals surface area contributed by atoms with Gasteiger partial charge in [-0.25, -0.2) is 8.78 Å². The summed E-state index contributed by atoms with van der Waals surface area (Å²) < 4.78 is 26.6. The molecule has 0 aliphatic rings. The fourth-order valence-electron chi connectivity index (χ4n) is 2.99. The number of carbonyl (C=O) groups excluding carboxylic acids is 1. The predicted octanol–water partition coefficient (Wildman–Crippen LogP) is 4.17. The molecule has 3 rings (SSSR count). The first-order chi connectivity index (χ1) is 13.9. The van der Waals surface area contributed by atoms with E-state index in [0.717, 1.165) is 36.3 Å². The highest BCUT2D eigenvalue weighted by Gasteiger charge is 2.09. The molecule has 1 aromatic heterocycles. The van der Waals surface area contributed by atoms with Gasteiger partial charge in [0.05, 0.1) is 12.2 Å². The predicted molar refractivity (Wildman–Crippen MR) is 110 cm³/mol. The molecule has 0 bridgehead atoms. The molecule has 0 aliphatic carbocycles. The Kier molecular flexibility index (Phi) is 6.72. The fraction of sp³-hybridized carbons (Fsp3) is 0.273. The van der Waals surface area contributed by atoms with E-state index in [1.54, 1.807) is 31.2 Å². The van der Waals surface area contributed by atoms with Crippen molar-refractivity contribution in [3.63, 3.8) is 0 Å². The number of rotatable bonds is 8. The lowest BCUT2D eigenvalue weighted by molar-refractivity contribution is -0.117. The number of likely N-dealkylation sites (N-methyl/N-ethyl adjacent to an activating group) is 1. The van der Waals surface area contributed by atoms with E-state index in [4.69, 9.17) is 0 Å². The summed E-state index contributed by atoms with van der Waals surface area (Å²) in [5.41, 5.74) is 3.62. The van der Waals surface area contributed by atoms with E-state index in [0.29, 0.717) is 11.3 Å². The Bertz CT molecular complexity index is 969. The first-order valence-corrected chi connectivity index (χ1v) is 9.45. The zero-order valence-corrected chi connectivity index (χ0v) is 16.5. The molecule has 0 atom stereocenters. The number of amides is 1. The summed E-state index contributed by atoms with van der Waals surface area (Å²) in [4.78, 5) is 14.0. The van der Waals surface area contributed by atoms with Crippen molar-refractivity contribution in [2.24, 2.45) is 0 Å². The maximum absolute atomic E-state index is 13.6. The van der Waals surface area contributed by atoms with Crippen LogP contribution in [0.25, 0.3) is 11.3 Å². The van der Waals surface area contributed by atoms with E-state index in [1.165, 1.54) is 18.2 Å². The Morgan fingerprint density at radius 2 is 1.90 bits per heavy atom. The maximum atomic E-state index is 13.6. The lowest BCUT2D eigenvalue weighted by Crippen LogP contribution is -2.31. The SMILES string of the molecule is Cc1ccc(NC(=O)CN(C)CCCc2cc(-c3ccc(F)cc3)n[nH]2)cc1F. The molecule has 0 saturated carbocycles. The number of halogens is 2. The Hall–Kier alpha value is -3.06. The molecule has 0 unspecified atom stereocenters. The van der Waals surface area contributed by atoms with Crippen LogP contribution >= 0.6 is 0 Å². The molecule has 7 heteroatoms. The third-order valence-electron chi connectivity index (χ3n) is 4.63. The molecule has 2 aromatic carbocycles. The second-order valence-corrected chi connectivity index (χ2v) is 7.14. The van der Waals surface area contributed by atoms with Gasteiger partial charge in [-0.3, -0.25) is 14.8 Å². The number of aromatic amines is 1. The van der Waals surface area contributed by atoms with Crippen molar-refractivity contribution in [2.75, 3.05) is 25.5 Å². The van der Waals surface area contributed by atoms with Gasteiger partial charge in [0.2, 0.25) is 5.91 Å². The maximum Gasteiger partial charge on any atom is 0.238 e. The summed E-state index contributed by atoms with van der Waals surface area (Å²) in [6, 6.07) is 12.8. The van der Waals surface area contributed by atoms with Gasteiger partial charge in [-0.05, 0) is 81.4 Å². The van der Waals surface area contributed by atoms with Crippen LogP contribution in [0.15, 0.2) is 48.5 Å². The number of aromatic nitrogens is 2. The Morgan fingerprint density at radius 3 is 2.62 bits per heavy atom. The van der Waals surface area contributed by atoms with E-state index in [1.807, 2.05) is 18.0 Å². The number of hydrogen-bond donors (Lipinski definition) is 2. The number of aryl methyl sites for hydroxylation is 2. The molecular formula is C22H24F2N4O. The van der Waals surface area contributed by atoms with Crippen molar-refractivity contribution in [1.29, 1.82) is 0 Å². The van der Waals surface area contributed by atoms with E-state index in [2.05, 4.69) is 15.5 Å². The second-order valence-electron chi connectivity index (χ2n) is 7.14. The van der Waals surface area contributed by atoms with E-state index in [-0.39, 0.29) is 24.1 Å². The molecule has 152 valence electrons. The van der Waals surface area contributed by atoms with Gasteiger partial charge in [0, 0.05) is 16.9 Å². The largest absolute Gasteiger partial charge is 0.325 e. The number of H-pyrrole nitrogens is 1. The molecule has 29 heavy (non-hydrogen) atoms. The van der Waals surface area contributed by atoms with Gasteiger partial charge < -0.3 is 5.32 Å². The van der Waals surface area contributed by atoms with Crippen LogP contribution < -0.4 is 5.32 Å². The van der Waals surface area contributed by atoms with Crippen LogP contribution in [0.5, 0.6) is 0 Å². The number of carbonyl (C=O) groups is 1. The first-order valence-electron chi connectivity index (χ1n) is 9.45. The summed E-state index contributed by atoms with van der Waals surface area (Å²) in [5.74, 6) is -0.796. The van der Waals surface area contributed by atoms with Crippen LogP contribution in [0.2, 0.25) is 0 Å². The van der Waals surface area contributed by atoms with Crippen LogP contribution in [0.3, 0.4) is 0 Å². The summed E-state index contributed by atoms with van der Waals surface area (Å²) >= 11 is 0. The van der Waals surface area contributed by atoms with Crippen LogP contribution in [-0.4, -0.2) is 41.1 Å². The average Bonchev–Trinajstić information content (AvgIpc) is 3.14. The molecule has 0 radical (unpaired) electrons. The van der Waals surface area contributed by atoms with Gasteiger partial charge in [0.15, 0.2) is 0 Å². The third kappa shape index (κ3) is 5.96. The fourth-order valence-corrected chi connectivity index (χ4v) is 2.99. The Morgan fingerprint density at radius 1 is 1.14 bits per heavy atom. The van der Waals surface area contributed by atoms with Gasteiger partial charge in [-0.15, -0.1) is 0 Å².